The van der Waals surface area contributed by atoms with Crippen LogP contribution in [-0.4, -0.2) is 63.8 Å². The molecule has 2 N–H and O–H groups in total. The molecule has 0 aromatic rings. The highest BCUT2D eigenvalue weighted by Gasteiger charge is 2.36. The Morgan fingerprint density at radius 2 is 1.85 bits per heavy atom. The number of hydrogen-bond acceptors (Lipinski definition) is 3. The van der Waals surface area contributed by atoms with Gasteiger partial charge < -0.3 is 15.4 Å². The molecule has 1 unspecified atom stereocenters. The number of likely N-dealkylation sites (N-methyl/N-ethyl adjacent to an activating group) is 1. The van der Waals surface area contributed by atoms with E-state index in [1.54, 1.807) is 7.11 Å². The van der Waals surface area contributed by atoms with Crippen molar-refractivity contribution in [2.75, 3.05) is 46.9 Å². The summed E-state index contributed by atoms with van der Waals surface area (Å²) < 4.78 is 5.29. The van der Waals surface area contributed by atoms with Gasteiger partial charge in [0.1, 0.15) is 0 Å². The summed E-state index contributed by atoms with van der Waals surface area (Å²) >= 11 is 0. The molecule has 0 saturated heterocycles. The van der Waals surface area contributed by atoms with Gasteiger partial charge in [-0.2, -0.15) is 0 Å². The molecule has 0 spiro atoms. The van der Waals surface area contributed by atoms with Crippen molar-refractivity contribution in [1.82, 2.24) is 15.5 Å². The molecule has 1 aliphatic rings. The summed E-state index contributed by atoms with van der Waals surface area (Å²) in [5.41, 5.74) is 0.407. The molecule has 1 rings (SSSR count). The van der Waals surface area contributed by atoms with E-state index in [0.29, 0.717) is 17.4 Å². The first-order valence-corrected chi connectivity index (χ1v) is 10.2. The van der Waals surface area contributed by atoms with Crippen molar-refractivity contribution in [3.05, 3.63) is 0 Å². The quantitative estimate of drug-likeness (QED) is 0.253. The Morgan fingerprint density at radius 3 is 2.27 bits per heavy atom. The Labute approximate surface area is 179 Å². The second-order valence-corrected chi connectivity index (χ2v) is 7.91. The van der Waals surface area contributed by atoms with Gasteiger partial charge in [-0.1, -0.05) is 34.1 Å². The number of ether oxygens (including phenoxy) is 1. The first-order chi connectivity index (χ1) is 12.0. The number of nitrogens with one attached hydrogen (secondary N) is 2. The van der Waals surface area contributed by atoms with E-state index in [9.17, 15) is 0 Å². The molecule has 0 aromatic carbocycles. The fourth-order valence-electron chi connectivity index (χ4n) is 3.86. The van der Waals surface area contributed by atoms with E-state index in [1.807, 2.05) is 7.05 Å². The third-order valence-corrected chi connectivity index (χ3v) is 5.68. The van der Waals surface area contributed by atoms with Crippen LogP contribution >= 0.6 is 24.0 Å². The highest BCUT2D eigenvalue weighted by atomic mass is 127. The zero-order valence-electron chi connectivity index (χ0n) is 17.9. The standard InChI is InChI=1S/C20H42N4O.HI/c1-7-24(8-2)18(14-17(3)4)15-22-19(21-5)23-16-20(10-9-11-20)12-13-25-6;/h17-18H,7-16H2,1-6H3,(H2,21,22,23);1H. The Balaban J connectivity index is 0.00000625. The molecule has 1 aliphatic carbocycles. The SMILES string of the molecule is CCN(CC)C(CNC(=NC)NCC1(CCOC)CCC1)CC(C)C.I. The lowest BCUT2D eigenvalue weighted by Crippen LogP contribution is -2.50. The first-order valence-electron chi connectivity index (χ1n) is 10.2. The van der Waals surface area contributed by atoms with Crippen LogP contribution < -0.4 is 10.6 Å². The van der Waals surface area contributed by atoms with E-state index < -0.39 is 0 Å². The van der Waals surface area contributed by atoms with Gasteiger partial charge in [0, 0.05) is 39.9 Å². The molecular weight excluding hydrogens is 439 g/mol. The average Bonchev–Trinajstić information content (AvgIpc) is 2.56. The van der Waals surface area contributed by atoms with E-state index >= 15 is 0 Å². The van der Waals surface area contributed by atoms with Crippen LogP contribution in [0.25, 0.3) is 0 Å². The van der Waals surface area contributed by atoms with Gasteiger partial charge in [-0.15, -0.1) is 24.0 Å². The van der Waals surface area contributed by atoms with Crippen LogP contribution in [0, 0.1) is 11.3 Å². The molecule has 0 aromatic heterocycles. The molecule has 0 heterocycles. The van der Waals surface area contributed by atoms with E-state index in [2.05, 4.69) is 48.2 Å². The molecule has 1 saturated carbocycles. The third kappa shape index (κ3) is 8.74. The second-order valence-electron chi connectivity index (χ2n) is 7.91. The van der Waals surface area contributed by atoms with Crippen molar-refractivity contribution >= 4 is 29.9 Å². The maximum Gasteiger partial charge on any atom is 0.191 e. The predicted molar refractivity (Wildman–Crippen MR) is 124 cm³/mol. The van der Waals surface area contributed by atoms with Crippen LogP contribution in [0.15, 0.2) is 4.99 Å². The van der Waals surface area contributed by atoms with Crippen molar-refractivity contribution in [2.45, 2.75) is 65.8 Å². The molecule has 0 radical (unpaired) electrons. The Hall–Kier alpha value is -0.0800. The van der Waals surface area contributed by atoms with E-state index in [-0.39, 0.29) is 24.0 Å². The van der Waals surface area contributed by atoms with Gasteiger partial charge in [-0.25, -0.2) is 0 Å². The lowest BCUT2D eigenvalue weighted by Gasteiger charge is -2.42. The number of halogens is 1. The van der Waals surface area contributed by atoms with Gasteiger partial charge in [0.05, 0.1) is 0 Å². The van der Waals surface area contributed by atoms with Crippen molar-refractivity contribution in [2.24, 2.45) is 16.3 Å². The number of hydrogen-bond donors (Lipinski definition) is 2. The van der Waals surface area contributed by atoms with Gasteiger partial charge in [0.25, 0.3) is 0 Å². The normalized spacial score (nSPS) is 17.6. The maximum atomic E-state index is 5.29. The zero-order valence-corrected chi connectivity index (χ0v) is 20.3. The van der Waals surface area contributed by atoms with E-state index in [0.717, 1.165) is 45.2 Å². The molecule has 5 nitrogen and oxygen atoms in total. The van der Waals surface area contributed by atoms with Crippen LogP contribution in [0.5, 0.6) is 0 Å². The minimum Gasteiger partial charge on any atom is -0.385 e. The summed E-state index contributed by atoms with van der Waals surface area (Å²) in [6.07, 6.45) is 6.30. The highest BCUT2D eigenvalue weighted by molar-refractivity contribution is 14.0. The van der Waals surface area contributed by atoms with Crippen LogP contribution in [-0.2, 0) is 4.74 Å². The van der Waals surface area contributed by atoms with Gasteiger partial charge in [0.15, 0.2) is 5.96 Å². The van der Waals surface area contributed by atoms with Gasteiger partial charge >= 0.3 is 0 Å². The Morgan fingerprint density at radius 1 is 1.19 bits per heavy atom. The van der Waals surface area contributed by atoms with Crippen LogP contribution in [0.2, 0.25) is 0 Å². The van der Waals surface area contributed by atoms with Gasteiger partial charge in [-0.3, -0.25) is 9.89 Å². The first kappa shape index (κ1) is 25.9. The largest absolute Gasteiger partial charge is 0.385 e. The number of rotatable bonds is 12. The highest BCUT2D eigenvalue weighted by Crippen LogP contribution is 2.43. The third-order valence-electron chi connectivity index (χ3n) is 5.68. The van der Waals surface area contributed by atoms with Crippen molar-refractivity contribution < 1.29 is 4.74 Å². The van der Waals surface area contributed by atoms with Gasteiger partial charge in [0.2, 0.25) is 0 Å². The van der Waals surface area contributed by atoms with Crippen molar-refractivity contribution in [3.63, 3.8) is 0 Å². The van der Waals surface area contributed by atoms with Crippen LogP contribution in [0.3, 0.4) is 0 Å². The Bertz CT molecular complexity index is 382. The number of aliphatic imine (C=N–C) groups is 1. The molecule has 1 atom stereocenters. The molecular formula is C20H43IN4O. The second kappa shape index (κ2) is 14.0. The van der Waals surface area contributed by atoms with Gasteiger partial charge in [-0.05, 0) is 50.1 Å². The Kier molecular flexibility index (Phi) is 14.0. The topological polar surface area (TPSA) is 48.9 Å². The minimum absolute atomic E-state index is 0. The van der Waals surface area contributed by atoms with E-state index in [4.69, 9.17) is 4.74 Å². The lowest BCUT2D eigenvalue weighted by atomic mass is 9.67. The van der Waals surface area contributed by atoms with E-state index in [1.165, 1.54) is 25.7 Å². The number of nitrogens with zero attached hydrogens (tertiary/aromatic N) is 2. The monoisotopic (exact) mass is 482 g/mol. The summed E-state index contributed by atoms with van der Waals surface area (Å²) in [4.78, 5) is 6.98. The molecule has 0 amide bonds. The average molecular weight is 482 g/mol. The van der Waals surface area contributed by atoms with Crippen LogP contribution in [0.4, 0.5) is 0 Å². The summed E-state index contributed by atoms with van der Waals surface area (Å²) in [7, 11) is 3.66. The molecule has 26 heavy (non-hydrogen) atoms. The maximum absolute atomic E-state index is 5.29. The van der Waals surface area contributed by atoms with Crippen molar-refractivity contribution in [1.29, 1.82) is 0 Å². The minimum atomic E-state index is 0. The predicted octanol–water partition coefficient (Wildman–Crippen LogP) is 3.73. The molecule has 0 aliphatic heterocycles. The smallest absolute Gasteiger partial charge is 0.191 e. The molecule has 156 valence electrons. The summed E-state index contributed by atoms with van der Waals surface area (Å²) in [6.45, 7) is 14.1. The molecule has 0 bridgehead atoms. The number of methoxy groups -OCH3 is 1. The molecule has 6 heteroatoms. The molecule has 1 fully saturated rings. The summed E-state index contributed by atoms with van der Waals surface area (Å²) in [6, 6.07) is 0.555. The fraction of sp³-hybridized carbons (Fsp3) is 0.950. The number of guanidine groups is 1. The zero-order chi connectivity index (χ0) is 18.7. The van der Waals surface area contributed by atoms with Crippen LogP contribution in [0.1, 0.15) is 59.8 Å². The van der Waals surface area contributed by atoms with Crippen molar-refractivity contribution in [3.8, 4) is 0 Å². The lowest BCUT2D eigenvalue weighted by molar-refractivity contribution is 0.0732. The summed E-state index contributed by atoms with van der Waals surface area (Å²) in [5.74, 6) is 1.64. The fourth-order valence-corrected chi connectivity index (χ4v) is 3.86. The summed E-state index contributed by atoms with van der Waals surface area (Å²) in [5, 5.41) is 7.14.